The fraction of sp³-hybridized carbons (Fsp3) is 0.316. The smallest absolute Gasteiger partial charge is 0.234 e. The third kappa shape index (κ3) is 5.01. The summed E-state index contributed by atoms with van der Waals surface area (Å²) in [7, 11) is 0. The van der Waals surface area contributed by atoms with Gasteiger partial charge >= 0.3 is 0 Å². The Balaban J connectivity index is 1.70. The zero-order valence-electron chi connectivity index (χ0n) is 15.5. The summed E-state index contributed by atoms with van der Waals surface area (Å²) in [5.74, 6) is 1.50. The summed E-state index contributed by atoms with van der Waals surface area (Å²) in [6.45, 7) is 6.86. The molecule has 0 spiro atoms. The van der Waals surface area contributed by atoms with E-state index in [1.807, 2.05) is 42.7 Å². The highest BCUT2D eigenvalue weighted by molar-refractivity contribution is 9.10. The molecule has 27 heavy (non-hydrogen) atoms. The maximum Gasteiger partial charge on any atom is 0.234 e. The first-order chi connectivity index (χ1) is 13.0. The zero-order chi connectivity index (χ0) is 19.4. The van der Waals surface area contributed by atoms with Crippen LogP contribution in [0.3, 0.4) is 0 Å². The molecule has 3 rings (SSSR count). The van der Waals surface area contributed by atoms with Gasteiger partial charge in [-0.15, -0.1) is 10.2 Å². The highest BCUT2D eigenvalue weighted by Crippen LogP contribution is 2.27. The molecule has 0 fully saturated rings. The van der Waals surface area contributed by atoms with Crippen molar-refractivity contribution in [1.29, 1.82) is 0 Å². The summed E-state index contributed by atoms with van der Waals surface area (Å²) in [6, 6.07) is 9.67. The van der Waals surface area contributed by atoms with Gasteiger partial charge in [0.25, 0.3) is 0 Å². The second kappa shape index (κ2) is 8.75. The normalized spacial score (nSPS) is 11.0. The predicted molar refractivity (Wildman–Crippen MR) is 111 cm³/mol. The summed E-state index contributed by atoms with van der Waals surface area (Å²) in [4.78, 5) is 12.3. The third-order valence-corrected chi connectivity index (χ3v) is 5.19. The molecule has 6 nitrogen and oxygen atoms in total. The number of anilines is 1. The largest absolute Gasteiger partial charge is 0.446 e. The van der Waals surface area contributed by atoms with Gasteiger partial charge in [-0.25, -0.2) is 0 Å². The third-order valence-electron chi connectivity index (χ3n) is 3.80. The number of furan rings is 1. The molecule has 0 aliphatic rings. The van der Waals surface area contributed by atoms with Gasteiger partial charge in [0.2, 0.25) is 11.7 Å². The molecule has 1 N–H and O–H groups in total. The molecule has 0 atom stereocenters. The Labute approximate surface area is 170 Å². The number of rotatable bonds is 7. The van der Waals surface area contributed by atoms with E-state index >= 15 is 0 Å². The van der Waals surface area contributed by atoms with E-state index in [2.05, 4.69) is 44.4 Å². The summed E-state index contributed by atoms with van der Waals surface area (Å²) in [6.07, 6.45) is 0.926. The minimum atomic E-state index is -0.0710. The second-order valence-corrected chi connectivity index (χ2v) is 8.00. The van der Waals surface area contributed by atoms with Crippen LogP contribution in [0.1, 0.15) is 24.5 Å². The van der Waals surface area contributed by atoms with Crippen molar-refractivity contribution in [2.75, 3.05) is 11.1 Å². The molecular weight excluding hydrogens is 428 g/mol. The molecule has 0 unspecified atom stereocenters. The van der Waals surface area contributed by atoms with Crippen LogP contribution in [0, 0.1) is 13.8 Å². The average molecular weight is 449 g/mol. The van der Waals surface area contributed by atoms with E-state index in [9.17, 15) is 4.79 Å². The quantitative estimate of drug-likeness (QED) is 0.511. The Morgan fingerprint density at radius 2 is 1.96 bits per heavy atom. The molecule has 0 saturated carbocycles. The van der Waals surface area contributed by atoms with Crippen LogP contribution in [0.5, 0.6) is 0 Å². The lowest BCUT2D eigenvalue weighted by atomic mass is 10.1. The monoisotopic (exact) mass is 448 g/mol. The maximum absolute atomic E-state index is 12.3. The van der Waals surface area contributed by atoms with E-state index in [-0.39, 0.29) is 11.7 Å². The van der Waals surface area contributed by atoms with Crippen molar-refractivity contribution in [3.05, 3.63) is 46.1 Å². The van der Waals surface area contributed by atoms with E-state index in [0.717, 1.165) is 29.8 Å². The molecule has 142 valence electrons. The van der Waals surface area contributed by atoms with Crippen LogP contribution in [0.2, 0.25) is 0 Å². The van der Waals surface area contributed by atoms with E-state index in [4.69, 9.17) is 4.42 Å². The van der Waals surface area contributed by atoms with Crippen molar-refractivity contribution in [1.82, 2.24) is 14.8 Å². The summed E-state index contributed by atoms with van der Waals surface area (Å²) in [5.41, 5.74) is 3.05. The number of nitrogens with one attached hydrogen (secondary N) is 1. The number of benzene rings is 1. The average Bonchev–Trinajstić information content (AvgIpc) is 3.18. The maximum atomic E-state index is 12.3. The van der Waals surface area contributed by atoms with Crippen molar-refractivity contribution in [3.8, 4) is 11.6 Å². The highest BCUT2D eigenvalue weighted by Gasteiger charge is 2.17. The van der Waals surface area contributed by atoms with Crippen LogP contribution in [-0.4, -0.2) is 26.4 Å². The number of halogens is 1. The van der Waals surface area contributed by atoms with Crippen LogP contribution in [0.15, 0.2) is 44.6 Å². The molecule has 1 aromatic carbocycles. The number of nitrogens with zero attached hydrogens (tertiary/aromatic N) is 3. The molecule has 1 amide bonds. The second-order valence-electron chi connectivity index (χ2n) is 6.27. The lowest BCUT2D eigenvalue weighted by Crippen LogP contribution is -2.15. The molecule has 0 saturated heterocycles. The molecule has 2 aromatic heterocycles. The Morgan fingerprint density at radius 1 is 1.22 bits per heavy atom. The van der Waals surface area contributed by atoms with Crippen LogP contribution in [0.4, 0.5) is 5.69 Å². The topological polar surface area (TPSA) is 73.0 Å². The van der Waals surface area contributed by atoms with Gasteiger partial charge in [-0.1, -0.05) is 24.8 Å². The van der Waals surface area contributed by atoms with E-state index in [0.29, 0.717) is 21.4 Å². The zero-order valence-corrected chi connectivity index (χ0v) is 17.9. The van der Waals surface area contributed by atoms with Gasteiger partial charge in [-0.3, -0.25) is 9.36 Å². The summed E-state index contributed by atoms with van der Waals surface area (Å²) >= 11 is 4.68. The van der Waals surface area contributed by atoms with E-state index in [1.54, 1.807) is 0 Å². The minimum Gasteiger partial charge on any atom is -0.446 e. The van der Waals surface area contributed by atoms with Crippen molar-refractivity contribution in [3.63, 3.8) is 0 Å². The summed E-state index contributed by atoms with van der Waals surface area (Å²) in [5, 5.41) is 12.1. The Hall–Kier alpha value is -2.06. The van der Waals surface area contributed by atoms with Crippen LogP contribution >= 0.6 is 27.7 Å². The van der Waals surface area contributed by atoms with Crippen LogP contribution in [-0.2, 0) is 11.3 Å². The first kappa shape index (κ1) is 19.7. The first-order valence-corrected chi connectivity index (χ1v) is 10.4. The number of aromatic nitrogens is 3. The van der Waals surface area contributed by atoms with Crippen LogP contribution < -0.4 is 5.32 Å². The predicted octanol–water partition coefficient (Wildman–Crippen LogP) is 5.06. The molecule has 3 aromatic rings. The molecule has 2 heterocycles. The van der Waals surface area contributed by atoms with Gasteiger partial charge in [0, 0.05) is 12.2 Å². The van der Waals surface area contributed by atoms with Gasteiger partial charge < -0.3 is 9.73 Å². The lowest BCUT2D eigenvalue weighted by Gasteiger charge is -2.09. The Bertz CT molecular complexity index is 931. The number of carbonyl (C=O) groups is 1. The SMILES string of the molecule is CCCn1c(SCC(=O)Nc2cc(C)cc(C)c2)nnc1-c1ccc(Br)o1. The van der Waals surface area contributed by atoms with Crippen molar-refractivity contribution < 1.29 is 9.21 Å². The number of hydrogen-bond acceptors (Lipinski definition) is 5. The molecule has 0 bridgehead atoms. The number of amides is 1. The lowest BCUT2D eigenvalue weighted by molar-refractivity contribution is -0.113. The minimum absolute atomic E-state index is 0.0710. The van der Waals surface area contributed by atoms with Gasteiger partial charge in [0.05, 0.1) is 5.75 Å². The number of thioether (sulfide) groups is 1. The first-order valence-electron chi connectivity index (χ1n) is 8.66. The van der Waals surface area contributed by atoms with Crippen molar-refractivity contribution in [2.45, 2.75) is 38.9 Å². The van der Waals surface area contributed by atoms with Crippen molar-refractivity contribution in [2.24, 2.45) is 0 Å². The van der Waals surface area contributed by atoms with E-state index in [1.165, 1.54) is 11.8 Å². The summed E-state index contributed by atoms with van der Waals surface area (Å²) < 4.78 is 8.23. The Kier molecular flexibility index (Phi) is 6.38. The highest BCUT2D eigenvalue weighted by atomic mass is 79.9. The van der Waals surface area contributed by atoms with Crippen molar-refractivity contribution >= 4 is 39.3 Å². The molecular formula is C19H21BrN4O2S. The van der Waals surface area contributed by atoms with E-state index < -0.39 is 0 Å². The van der Waals surface area contributed by atoms with Crippen LogP contribution in [0.25, 0.3) is 11.6 Å². The number of carbonyl (C=O) groups excluding carboxylic acids is 1. The Morgan fingerprint density at radius 3 is 2.59 bits per heavy atom. The fourth-order valence-electron chi connectivity index (χ4n) is 2.81. The molecule has 0 aliphatic carbocycles. The number of aryl methyl sites for hydroxylation is 2. The number of hydrogen-bond donors (Lipinski definition) is 1. The molecule has 8 heteroatoms. The van der Waals surface area contributed by atoms with Gasteiger partial charge in [0.1, 0.15) is 0 Å². The fourth-order valence-corrected chi connectivity index (χ4v) is 3.88. The molecule has 0 aliphatic heterocycles. The van der Waals surface area contributed by atoms with Gasteiger partial charge in [0.15, 0.2) is 15.6 Å². The standard InChI is InChI=1S/C19H21BrN4O2S/c1-4-7-24-18(15-5-6-16(20)26-15)22-23-19(24)27-11-17(25)21-14-9-12(2)8-13(3)10-14/h5-6,8-10H,4,7,11H2,1-3H3,(H,21,25). The molecule has 0 radical (unpaired) electrons. The van der Waals surface area contributed by atoms with Gasteiger partial charge in [-0.2, -0.15) is 0 Å². The van der Waals surface area contributed by atoms with Gasteiger partial charge in [-0.05, 0) is 71.6 Å².